The molecule has 0 radical (unpaired) electrons. The van der Waals surface area contributed by atoms with Gasteiger partial charge in [-0.2, -0.15) is 0 Å². The number of terminal acetylenes is 1. The van der Waals surface area contributed by atoms with Gasteiger partial charge in [-0.15, -0.1) is 12.3 Å². The van der Waals surface area contributed by atoms with E-state index in [0.717, 1.165) is 19.6 Å². The summed E-state index contributed by atoms with van der Waals surface area (Å²) in [6.07, 6.45) is 17.7. The van der Waals surface area contributed by atoms with E-state index in [0.29, 0.717) is 0 Å². The average Bonchev–Trinajstić information content (AvgIpc) is 2.31. The topological polar surface area (TPSA) is 9.23 Å². The molecule has 0 amide bonds. The van der Waals surface area contributed by atoms with Gasteiger partial charge in [-0.3, -0.25) is 0 Å². The van der Waals surface area contributed by atoms with Crippen molar-refractivity contribution in [2.24, 2.45) is 0 Å². The van der Waals surface area contributed by atoms with Gasteiger partial charge in [0.1, 0.15) is 0 Å². The second-order valence-corrected chi connectivity index (χ2v) is 4.39. The molecule has 16 heavy (non-hydrogen) atoms. The lowest BCUT2D eigenvalue weighted by Crippen LogP contribution is -1.96. The summed E-state index contributed by atoms with van der Waals surface area (Å²) in [5.74, 6) is 2.69. The van der Waals surface area contributed by atoms with E-state index in [1.165, 1.54) is 57.8 Å². The van der Waals surface area contributed by atoms with E-state index in [4.69, 9.17) is 11.2 Å². The van der Waals surface area contributed by atoms with Crippen molar-refractivity contribution in [3.8, 4) is 12.3 Å². The van der Waals surface area contributed by atoms with Crippen molar-refractivity contribution in [1.82, 2.24) is 0 Å². The molecule has 0 rings (SSSR count). The molecular weight excluding hydrogens is 196 g/mol. The zero-order valence-corrected chi connectivity index (χ0v) is 11.0. The lowest BCUT2D eigenvalue weighted by atomic mass is 10.1. The maximum absolute atomic E-state index is 5.51. The molecule has 0 aliphatic carbocycles. The molecule has 0 saturated carbocycles. The molecule has 0 aliphatic heterocycles. The van der Waals surface area contributed by atoms with Crippen LogP contribution in [-0.2, 0) is 4.74 Å². The third-order valence-corrected chi connectivity index (χ3v) is 2.75. The highest BCUT2D eigenvalue weighted by molar-refractivity contribution is 4.82. The molecule has 94 valence electrons. The van der Waals surface area contributed by atoms with E-state index in [2.05, 4.69) is 12.8 Å². The van der Waals surface area contributed by atoms with E-state index < -0.39 is 0 Å². The van der Waals surface area contributed by atoms with Gasteiger partial charge in [0.15, 0.2) is 0 Å². The quantitative estimate of drug-likeness (QED) is 0.349. The molecule has 0 atom stereocenters. The summed E-state index contributed by atoms with van der Waals surface area (Å²) in [6, 6.07) is 0. The normalized spacial score (nSPS) is 10.2. The Morgan fingerprint density at radius 3 is 2.00 bits per heavy atom. The number of hydrogen-bond acceptors (Lipinski definition) is 1. The van der Waals surface area contributed by atoms with Gasteiger partial charge in [0.05, 0.1) is 0 Å². The molecule has 0 aromatic heterocycles. The number of rotatable bonds is 12. The fraction of sp³-hybridized carbons (Fsp3) is 0.867. The monoisotopic (exact) mass is 224 g/mol. The maximum atomic E-state index is 5.51. The summed E-state index contributed by atoms with van der Waals surface area (Å²) < 4.78 is 5.51. The Bertz CT molecular complexity index is 157. The minimum Gasteiger partial charge on any atom is -0.381 e. The second kappa shape index (κ2) is 14.5. The largest absolute Gasteiger partial charge is 0.381 e. The maximum Gasteiger partial charge on any atom is 0.0466 e. The van der Waals surface area contributed by atoms with Crippen LogP contribution in [0, 0.1) is 12.3 Å². The van der Waals surface area contributed by atoms with Crippen LogP contribution in [0.25, 0.3) is 0 Å². The van der Waals surface area contributed by atoms with Crippen molar-refractivity contribution in [3.05, 3.63) is 0 Å². The van der Waals surface area contributed by atoms with Crippen LogP contribution in [0.4, 0.5) is 0 Å². The molecule has 0 aromatic rings. The first-order valence-corrected chi connectivity index (χ1v) is 6.93. The molecule has 0 spiro atoms. The Morgan fingerprint density at radius 1 is 0.812 bits per heavy atom. The van der Waals surface area contributed by atoms with Crippen LogP contribution in [0.3, 0.4) is 0 Å². The summed E-state index contributed by atoms with van der Waals surface area (Å²) in [4.78, 5) is 0. The summed E-state index contributed by atoms with van der Waals surface area (Å²) in [5.41, 5.74) is 0. The van der Waals surface area contributed by atoms with Gasteiger partial charge in [0, 0.05) is 19.6 Å². The number of unbranched alkanes of at least 4 members (excludes halogenated alkanes) is 8. The third-order valence-electron chi connectivity index (χ3n) is 2.75. The Labute approximate surface area is 102 Å². The van der Waals surface area contributed by atoms with Gasteiger partial charge in [-0.05, 0) is 19.3 Å². The van der Waals surface area contributed by atoms with Crippen molar-refractivity contribution < 1.29 is 4.74 Å². The third kappa shape index (κ3) is 13.5. The molecular formula is C15H28O. The molecule has 0 aliphatic rings. The van der Waals surface area contributed by atoms with Gasteiger partial charge in [-0.25, -0.2) is 0 Å². The van der Waals surface area contributed by atoms with Crippen LogP contribution in [0.1, 0.15) is 71.1 Å². The van der Waals surface area contributed by atoms with E-state index in [1.54, 1.807) is 0 Å². The van der Waals surface area contributed by atoms with Crippen molar-refractivity contribution in [2.45, 2.75) is 71.1 Å². The smallest absolute Gasteiger partial charge is 0.0466 e. The standard InChI is InChI=1S/C15H28O/c1-3-5-7-8-9-10-11-12-13-15-16-14-6-4-2/h1H,4-15H2,2H3. The van der Waals surface area contributed by atoms with Crippen LogP contribution in [-0.4, -0.2) is 13.2 Å². The second-order valence-electron chi connectivity index (χ2n) is 4.39. The van der Waals surface area contributed by atoms with Crippen molar-refractivity contribution in [1.29, 1.82) is 0 Å². The highest BCUT2D eigenvalue weighted by Gasteiger charge is 1.92. The molecule has 0 N–H and O–H groups in total. The molecule has 0 bridgehead atoms. The number of hydrogen-bond donors (Lipinski definition) is 0. The van der Waals surface area contributed by atoms with Gasteiger partial charge < -0.3 is 4.74 Å². The first-order valence-electron chi connectivity index (χ1n) is 6.93. The lowest BCUT2D eigenvalue weighted by molar-refractivity contribution is 0.127. The highest BCUT2D eigenvalue weighted by atomic mass is 16.5. The van der Waals surface area contributed by atoms with Crippen LogP contribution in [0.5, 0.6) is 0 Å². The van der Waals surface area contributed by atoms with Gasteiger partial charge in [0.2, 0.25) is 0 Å². The van der Waals surface area contributed by atoms with Gasteiger partial charge in [-0.1, -0.05) is 45.4 Å². The van der Waals surface area contributed by atoms with E-state index in [-0.39, 0.29) is 0 Å². The first-order chi connectivity index (χ1) is 7.91. The van der Waals surface area contributed by atoms with E-state index in [1.807, 2.05) is 0 Å². The molecule has 0 saturated heterocycles. The summed E-state index contributed by atoms with van der Waals surface area (Å²) in [7, 11) is 0. The fourth-order valence-corrected chi connectivity index (χ4v) is 1.66. The Morgan fingerprint density at radius 2 is 1.38 bits per heavy atom. The molecule has 0 unspecified atom stereocenters. The van der Waals surface area contributed by atoms with E-state index >= 15 is 0 Å². The SMILES string of the molecule is C#CCCCCCCCCCOCCCC. The van der Waals surface area contributed by atoms with Crippen molar-refractivity contribution >= 4 is 0 Å². The highest BCUT2D eigenvalue weighted by Crippen LogP contribution is 2.08. The Kier molecular flexibility index (Phi) is 14.1. The predicted molar refractivity (Wildman–Crippen MR) is 71.5 cm³/mol. The lowest BCUT2D eigenvalue weighted by Gasteiger charge is -2.03. The minimum absolute atomic E-state index is 0.947. The molecule has 0 heterocycles. The summed E-state index contributed by atoms with van der Waals surface area (Å²) in [6.45, 7) is 4.10. The number of ether oxygens (including phenoxy) is 1. The average molecular weight is 224 g/mol. The van der Waals surface area contributed by atoms with Gasteiger partial charge >= 0.3 is 0 Å². The zero-order chi connectivity index (χ0) is 11.9. The van der Waals surface area contributed by atoms with Crippen molar-refractivity contribution in [2.75, 3.05) is 13.2 Å². The first kappa shape index (κ1) is 15.5. The van der Waals surface area contributed by atoms with Crippen LogP contribution >= 0.6 is 0 Å². The minimum atomic E-state index is 0.947. The fourth-order valence-electron chi connectivity index (χ4n) is 1.66. The predicted octanol–water partition coefficient (Wildman–Crippen LogP) is 4.56. The van der Waals surface area contributed by atoms with Crippen LogP contribution in [0.2, 0.25) is 0 Å². The molecule has 1 nitrogen and oxygen atoms in total. The molecule has 1 heteroatoms. The van der Waals surface area contributed by atoms with Crippen LogP contribution < -0.4 is 0 Å². The zero-order valence-electron chi connectivity index (χ0n) is 11.0. The van der Waals surface area contributed by atoms with Gasteiger partial charge in [0.25, 0.3) is 0 Å². The molecule has 0 aromatic carbocycles. The summed E-state index contributed by atoms with van der Waals surface area (Å²) in [5, 5.41) is 0. The van der Waals surface area contributed by atoms with Crippen LogP contribution in [0.15, 0.2) is 0 Å². The molecule has 0 fully saturated rings. The van der Waals surface area contributed by atoms with Crippen molar-refractivity contribution in [3.63, 3.8) is 0 Å². The van der Waals surface area contributed by atoms with E-state index in [9.17, 15) is 0 Å². The Balaban J connectivity index is 2.86. The summed E-state index contributed by atoms with van der Waals surface area (Å²) >= 11 is 0. The Hall–Kier alpha value is -0.480.